The Bertz CT molecular complexity index is 1100. The van der Waals surface area contributed by atoms with Gasteiger partial charge < -0.3 is 19.7 Å². The Morgan fingerprint density at radius 3 is 2.86 bits per heavy atom. The SMILES string of the molecule is O=C(CN1CCN(c2ccc3c(c2)OCCO3)C1=O)Nc1cccc2nsnc12. The highest BCUT2D eigenvalue weighted by Gasteiger charge is 2.31. The van der Waals surface area contributed by atoms with Crippen LogP contribution in [0.2, 0.25) is 0 Å². The highest BCUT2D eigenvalue weighted by Crippen LogP contribution is 2.35. The van der Waals surface area contributed by atoms with Crippen LogP contribution in [0.4, 0.5) is 16.2 Å². The van der Waals surface area contributed by atoms with Crippen molar-refractivity contribution in [1.29, 1.82) is 0 Å². The fourth-order valence-corrected chi connectivity index (χ4v) is 3.99. The summed E-state index contributed by atoms with van der Waals surface area (Å²) in [5.74, 6) is 1.03. The number of carbonyl (C=O) groups excluding carboxylic acids is 2. The van der Waals surface area contributed by atoms with Crippen molar-refractivity contribution in [3.63, 3.8) is 0 Å². The molecule has 10 heteroatoms. The van der Waals surface area contributed by atoms with Crippen LogP contribution < -0.4 is 19.7 Å². The average molecular weight is 411 g/mol. The average Bonchev–Trinajstić information content (AvgIpc) is 3.35. The molecular formula is C19H17N5O4S. The summed E-state index contributed by atoms with van der Waals surface area (Å²) in [5.41, 5.74) is 2.70. The van der Waals surface area contributed by atoms with Crippen LogP contribution in [0.15, 0.2) is 36.4 Å². The second kappa shape index (κ2) is 7.21. The van der Waals surface area contributed by atoms with Crippen LogP contribution in [0.5, 0.6) is 11.5 Å². The van der Waals surface area contributed by atoms with Crippen LogP contribution in [0, 0.1) is 0 Å². The first kappa shape index (κ1) is 17.7. The van der Waals surface area contributed by atoms with Gasteiger partial charge in [-0.15, -0.1) is 0 Å². The largest absolute Gasteiger partial charge is 0.486 e. The summed E-state index contributed by atoms with van der Waals surface area (Å²) in [7, 11) is 0. The monoisotopic (exact) mass is 411 g/mol. The molecule has 5 rings (SSSR count). The Balaban J connectivity index is 1.26. The molecule has 3 aromatic rings. The van der Waals surface area contributed by atoms with E-state index in [1.54, 1.807) is 23.1 Å². The topological polar surface area (TPSA) is 96.9 Å². The van der Waals surface area contributed by atoms with Gasteiger partial charge in [-0.2, -0.15) is 8.75 Å². The van der Waals surface area contributed by atoms with Gasteiger partial charge in [0.05, 0.1) is 17.4 Å². The number of ether oxygens (including phenoxy) is 2. The Labute approximate surface area is 170 Å². The molecule has 1 N–H and O–H groups in total. The van der Waals surface area contributed by atoms with E-state index >= 15 is 0 Å². The molecule has 1 fully saturated rings. The Morgan fingerprint density at radius 1 is 1.10 bits per heavy atom. The third kappa shape index (κ3) is 3.31. The zero-order valence-electron chi connectivity index (χ0n) is 15.3. The number of nitrogens with one attached hydrogen (secondary N) is 1. The lowest BCUT2D eigenvalue weighted by Gasteiger charge is -2.22. The number of rotatable bonds is 4. The van der Waals surface area contributed by atoms with Crippen molar-refractivity contribution in [2.45, 2.75) is 0 Å². The van der Waals surface area contributed by atoms with Crippen LogP contribution >= 0.6 is 11.7 Å². The maximum absolute atomic E-state index is 12.8. The number of nitrogens with zero attached hydrogens (tertiary/aromatic N) is 4. The quantitative estimate of drug-likeness (QED) is 0.708. The van der Waals surface area contributed by atoms with Crippen molar-refractivity contribution >= 4 is 46.1 Å². The third-order valence-electron chi connectivity index (χ3n) is 4.83. The highest BCUT2D eigenvalue weighted by atomic mass is 32.1. The van der Waals surface area contributed by atoms with E-state index in [9.17, 15) is 9.59 Å². The summed E-state index contributed by atoms with van der Waals surface area (Å²) >= 11 is 1.09. The minimum Gasteiger partial charge on any atom is -0.486 e. The molecule has 29 heavy (non-hydrogen) atoms. The van der Waals surface area contributed by atoms with Gasteiger partial charge in [-0.3, -0.25) is 9.69 Å². The maximum Gasteiger partial charge on any atom is 0.325 e. The van der Waals surface area contributed by atoms with Gasteiger partial charge in [-0.25, -0.2) is 4.79 Å². The fraction of sp³-hybridized carbons (Fsp3) is 0.263. The van der Waals surface area contributed by atoms with Crippen LogP contribution in [0.25, 0.3) is 11.0 Å². The first-order valence-electron chi connectivity index (χ1n) is 9.16. The molecule has 2 aliphatic rings. The van der Waals surface area contributed by atoms with Gasteiger partial charge in [0.25, 0.3) is 0 Å². The van der Waals surface area contributed by atoms with E-state index in [1.165, 1.54) is 4.90 Å². The minimum absolute atomic E-state index is 0.0339. The van der Waals surface area contributed by atoms with Crippen molar-refractivity contribution in [2.75, 3.05) is 43.1 Å². The van der Waals surface area contributed by atoms with Crippen LogP contribution in [-0.2, 0) is 4.79 Å². The summed E-state index contributed by atoms with van der Waals surface area (Å²) in [6, 6.07) is 10.6. The smallest absolute Gasteiger partial charge is 0.325 e. The van der Waals surface area contributed by atoms with E-state index in [0.717, 1.165) is 22.9 Å². The van der Waals surface area contributed by atoms with E-state index in [-0.39, 0.29) is 18.5 Å². The molecule has 148 valence electrons. The lowest BCUT2D eigenvalue weighted by molar-refractivity contribution is -0.116. The van der Waals surface area contributed by atoms with E-state index in [2.05, 4.69) is 14.1 Å². The molecule has 9 nitrogen and oxygen atoms in total. The zero-order valence-corrected chi connectivity index (χ0v) is 16.1. The van der Waals surface area contributed by atoms with Crippen LogP contribution in [0.1, 0.15) is 0 Å². The van der Waals surface area contributed by atoms with Gasteiger partial charge in [0, 0.05) is 24.8 Å². The summed E-state index contributed by atoms with van der Waals surface area (Å²) < 4.78 is 19.5. The zero-order chi connectivity index (χ0) is 19.8. The molecule has 0 saturated carbocycles. The molecule has 0 atom stereocenters. The maximum atomic E-state index is 12.8. The van der Waals surface area contributed by atoms with Gasteiger partial charge >= 0.3 is 6.03 Å². The molecule has 0 radical (unpaired) electrons. The molecule has 0 aliphatic carbocycles. The Hall–Kier alpha value is -3.40. The van der Waals surface area contributed by atoms with Crippen molar-refractivity contribution in [3.8, 4) is 11.5 Å². The number of amides is 3. The van der Waals surface area contributed by atoms with Gasteiger partial charge in [0.1, 0.15) is 30.8 Å². The first-order chi connectivity index (χ1) is 14.2. The van der Waals surface area contributed by atoms with Crippen molar-refractivity contribution < 1.29 is 19.1 Å². The highest BCUT2D eigenvalue weighted by molar-refractivity contribution is 7.00. The third-order valence-corrected chi connectivity index (χ3v) is 5.37. The van der Waals surface area contributed by atoms with E-state index in [0.29, 0.717) is 49.0 Å². The van der Waals surface area contributed by atoms with Gasteiger partial charge in [-0.1, -0.05) is 6.07 Å². The van der Waals surface area contributed by atoms with E-state index < -0.39 is 0 Å². The lowest BCUT2D eigenvalue weighted by atomic mass is 10.2. The van der Waals surface area contributed by atoms with Gasteiger partial charge in [-0.05, 0) is 24.3 Å². The number of fused-ring (bicyclic) bond motifs is 2. The second-order valence-corrected chi connectivity index (χ2v) is 7.20. The first-order valence-corrected chi connectivity index (χ1v) is 9.89. The van der Waals surface area contributed by atoms with Crippen molar-refractivity contribution in [3.05, 3.63) is 36.4 Å². The van der Waals surface area contributed by atoms with Crippen LogP contribution in [0.3, 0.4) is 0 Å². The number of anilines is 2. The summed E-state index contributed by atoms with van der Waals surface area (Å²) in [5, 5.41) is 2.83. The number of aromatic nitrogens is 2. The molecule has 3 heterocycles. The molecule has 1 aromatic heterocycles. The van der Waals surface area contributed by atoms with E-state index in [1.807, 2.05) is 18.2 Å². The van der Waals surface area contributed by atoms with Gasteiger partial charge in [0.2, 0.25) is 5.91 Å². The standard InChI is InChI=1S/C19H17N5O4S/c25-17(20-13-2-1-3-14-18(13)22-29-21-14)11-23-6-7-24(19(23)26)12-4-5-15-16(10-12)28-9-8-27-15/h1-5,10H,6-9,11H2,(H,20,25). The molecule has 1 saturated heterocycles. The van der Waals surface area contributed by atoms with E-state index in [4.69, 9.17) is 9.47 Å². The lowest BCUT2D eigenvalue weighted by Crippen LogP contribution is -2.37. The fourth-order valence-electron chi connectivity index (χ4n) is 3.44. The number of hydrogen-bond acceptors (Lipinski definition) is 7. The summed E-state index contributed by atoms with van der Waals surface area (Å²) in [4.78, 5) is 28.5. The van der Waals surface area contributed by atoms with Crippen molar-refractivity contribution in [2.24, 2.45) is 0 Å². The molecule has 2 aromatic carbocycles. The predicted molar refractivity (Wildman–Crippen MR) is 108 cm³/mol. The number of benzene rings is 2. The van der Waals surface area contributed by atoms with Crippen LogP contribution in [-0.4, -0.2) is 58.4 Å². The molecule has 0 bridgehead atoms. The Kier molecular flexibility index (Phi) is 4.39. The summed E-state index contributed by atoms with van der Waals surface area (Å²) in [6.07, 6.45) is 0. The summed E-state index contributed by atoms with van der Waals surface area (Å²) in [6.45, 7) is 1.93. The Morgan fingerprint density at radius 2 is 1.97 bits per heavy atom. The number of hydrogen-bond donors (Lipinski definition) is 1. The molecule has 0 unspecified atom stereocenters. The molecule has 2 aliphatic heterocycles. The molecule has 3 amide bonds. The number of carbonyl (C=O) groups is 2. The van der Waals surface area contributed by atoms with Gasteiger partial charge in [0.15, 0.2) is 11.5 Å². The van der Waals surface area contributed by atoms with Crippen molar-refractivity contribution in [1.82, 2.24) is 13.6 Å². The molecular weight excluding hydrogens is 394 g/mol. The predicted octanol–water partition coefficient (Wildman–Crippen LogP) is 2.34. The normalized spacial score (nSPS) is 15.8. The molecule has 0 spiro atoms. The number of urea groups is 1. The minimum atomic E-state index is -0.275. The second-order valence-electron chi connectivity index (χ2n) is 6.67.